The molecule has 0 bridgehead atoms. The highest BCUT2D eigenvalue weighted by Crippen LogP contribution is 2.36. The fourth-order valence-electron chi connectivity index (χ4n) is 2.68. The van der Waals surface area contributed by atoms with Crippen molar-refractivity contribution < 1.29 is 14.3 Å². The van der Waals surface area contributed by atoms with Crippen LogP contribution in [0, 0.1) is 5.21 Å². The van der Waals surface area contributed by atoms with Crippen LogP contribution in [-0.2, 0) is 4.74 Å². The summed E-state index contributed by atoms with van der Waals surface area (Å²) in [6, 6.07) is 6.67. The first-order valence-corrected chi connectivity index (χ1v) is 9.36. The predicted octanol–water partition coefficient (Wildman–Crippen LogP) is 3.20. The number of rotatable bonds is 5. The number of nitrogens with zero attached hydrogens (tertiary/aromatic N) is 3. The quantitative estimate of drug-likeness (QED) is 0.414. The van der Waals surface area contributed by atoms with Gasteiger partial charge in [0.1, 0.15) is 12.4 Å². The Labute approximate surface area is 158 Å². The maximum absolute atomic E-state index is 13.3. The van der Waals surface area contributed by atoms with E-state index in [2.05, 4.69) is 20.9 Å². The Kier molecular flexibility index (Phi) is 5.40. The molecule has 1 aromatic carbocycles. The van der Waals surface area contributed by atoms with Gasteiger partial charge in [0.05, 0.1) is 28.7 Å². The molecule has 1 aliphatic rings. The normalized spacial score (nSPS) is 23.6. The number of esters is 1. The maximum Gasteiger partial charge on any atom is 0.342 e. The Hall–Kier alpha value is -1.52. The Bertz CT molecular complexity index is 754. The molecule has 1 fully saturated rings. The number of hydrogen-bond donors (Lipinski definition) is 0. The number of hydrogen-bond acceptors (Lipinski definition) is 7. The Morgan fingerprint density at radius 1 is 1.48 bits per heavy atom. The number of carbonyl (C=O) groups is 1. The zero-order valence-corrected chi connectivity index (χ0v) is 16.2. The van der Waals surface area contributed by atoms with E-state index in [0.717, 1.165) is 3.79 Å². The van der Waals surface area contributed by atoms with Gasteiger partial charge < -0.3 is 14.7 Å². The summed E-state index contributed by atoms with van der Waals surface area (Å²) < 4.78 is 10.9. The predicted molar refractivity (Wildman–Crippen MR) is 99.3 cm³/mol. The molecule has 2 aromatic rings. The first kappa shape index (κ1) is 18.3. The first-order valence-electron chi connectivity index (χ1n) is 7.75. The van der Waals surface area contributed by atoms with Gasteiger partial charge >= 0.3 is 5.97 Å². The van der Waals surface area contributed by atoms with Crippen LogP contribution in [0.2, 0.25) is 0 Å². The maximum atomic E-state index is 13.3. The molecule has 7 nitrogen and oxygen atoms in total. The molecule has 0 aliphatic carbocycles. The van der Waals surface area contributed by atoms with Crippen LogP contribution < -0.4 is 9.38 Å². The summed E-state index contributed by atoms with van der Waals surface area (Å²) in [4.78, 5) is 18.4. The van der Waals surface area contributed by atoms with E-state index in [9.17, 15) is 10.0 Å². The first-order chi connectivity index (χ1) is 11.9. The molecule has 9 heteroatoms. The van der Waals surface area contributed by atoms with Crippen LogP contribution in [0.4, 0.5) is 5.13 Å². The molecule has 134 valence electrons. The molecule has 0 saturated carbocycles. The van der Waals surface area contributed by atoms with Crippen LogP contribution in [-0.4, -0.2) is 48.9 Å². The van der Waals surface area contributed by atoms with E-state index in [4.69, 9.17) is 9.47 Å². The van der Waals surface area contributed by atoms with Gasteiger partial charge in [-0.05, 0) is 65.5 Å². The molecule has 1 aromatic heterocycles. The second-order valence-corrected chi connectivity index (χ2v) is 8.13. The minimum atomic E-state index is -0.859. The van der Waals surface area contributed by atoms with Crippen molar-refractivity contribution in [3.8, 4) is 5.75 Å². The van der Waals surface area contributed by atoms with Gasteiger partial charge in [-0.25, -0.2) is 9.69 Å². The van der Waals surface area contributed by atoms with Crippen LogP contribution in [0.15, 0.2) is 34.2 Å². The molecule has 2 unspecified atom stereocenters. The van der Waals surface area contributed by atoms with Gasteiger partial charge in [0.15, 0.2) is 0 Å². The van der Waals surface area contributed by atoms with E-state index in [-0.39, 0.29) is 6.67 Å². The smallest absolute Gasteiger partial charge is 0.342 e. The summed E-state index contributed by atoms with van der Waals surface area (Å²) in [5.74, 6) is 0.151. The molecule has 0 spiro atoms. The van der Waals surface area contributed by atoms with Gasteiger partial charge in [0.2, 0.25) is 0 Å². The number of ether oxygens (including phenoxy) is 2. The van der Waals surface area contributed by atoms with Crippen molar-refractivity contribution in [3.05, 3.63) is 45.0 Å². The summed E-state index contributed by atoms with van der Waals surface area (Å²) in [6.07, 6.45) is 0.726. The number of carbonyl (C=O) groups excluding carboxylic acids is 1. The largest absolute Gasteiger partial charge is 0.622 e. The third kappa shape index (κ3) is 3.85. The van der Waals surface area contributed by atoms with E-state index in [1.54, 1.807) is 30.5 Å². The molecule has 3 rings (SSSR count). The van der Waals surface area contributed by atoms with Crippen molar-refractivity contribution in [1.82, 2.24) is 14.5 Å². The van der Waals surface area contributed by atoms with Crippen molar-refractivity contribution in [2.24, 2.45) is 0 Å². The number of quaternary nitrogens is 1. The second-order valence-electron chi connectivity index (χ2n) is 5.74. The van der Waals surface area contributed by atoms with Gasteiger partial charge in [0.25, 0.3) is 11.4 Å². The van der Waals surface area contributed by atoms with Crippen LogP contribution in [0.3, 0.4) is 0 Å². The SMILES string of the molecule is CCOc1ccc(C(=O)OC2CN(C)C[N+]2([O-])c2ncc(Br)s2)cc1. The summed E-state index contributed by atoms with van der Waals surface area (Å²) in [5, 5.41) is 13.7. The highest BCUT2D eigenvalue weighted by Gasteiger charge is 2.44. The lowest BCUT2D eigenvalue weighted by atomic mass is 10.2. The van der Waals surface area contributed by atoms with E-state index >= 15 is 0 Å². The van der Waals surface area contributed by atoms with E-state index in [1.165, 1.54) is 11.3 Å². The molecule has 0 radical (unpaired) electrons. The number of thiazole rings is 1. The van der Waals surface area contributed by atoms with Gasteiger partial charge in [-0.3, -0.25) is 4.65 Å². The summed E-state index contributed by atoms with van der Waals surface area (Å²) >= 11 is 4.57. The molecule has 2 atom stereocenters. The molecule has 1 aliphatic heterocycles. The van der Waals surface area contributed by atoms with Crippen LogP contribution in [0.25, 0.3) is 0 Å². The summed E-state index contributed by atoms with van der Waals surface area (Å²) in [6.45, 7) is 2.98. The van der Waals surface area contributed by atoms with Crippen LogP contribution >= 0.6 is 27.3 Å². The number of halogens is 1. The molecule has 0 amide bonds. The molecule has 25 heavy (non-hydrogen) atoms. The zero-order chi connectivity index (χ0) is 18.0. The topological polar surface area (TPSA) is 74.7 Å². The number of benzene rings is 1. The average molecular weight is 428 g/mol. The average Bonchev–Trinajstić information content (AvgIpc) is 3.13. The van der Waals surface area contributed by atoms with Gasteiger partial charge in [0, 0.05) is 0 Å². The van der Waals surface area contributed by atoms with Crippen molar-refractivity contribution in [3.63, 3.8) is 0 Å². The number of likely N-dealkylation sites (N-methyl/N-ethyl adjacent to an activating group) is 1. The molecule has 1 saturated heterocycles. The van der Waals surface area contributed by atoms with Crippen molar-refractivity contribution in [2.45, 2.75) is 13.2 Å². The molecular weight excluding hydrogens is 410 g/mol. The lowest BCUT2D eigenvalue weighted by Gasteiger charge is -2.38. The Morgan fingerprint density at radius 2 is 2.20 bits per heavy atom. The van der Waals surface area contributed by atoms with E-state index in [0.29, 0.717) is 29.6 Å². The Morgan fingerprint density at radius 3 is 2.80 bits per heavy atom. The van der Waals surface area contributed by atoms with Crippen LogP contribution in [0.5, 0.6) is 5.75 Å². The number of hydroxylamine groups is 2. The summed E-state index contributed by atoms with van der Waals surface area (Å²) in [7, 11) is 1.82. The highest BCUT2D eigenvalue weighted by molar-refractivity contribution is 9.11. The fraction of sp³-hybridized carbons (Fsp3) is 0.375. The lowest BCUT2D eigenvalue weighted by molar-refractivity contribution is 0.00570. The lowest BCUT2D eigenvalue weighted by Crippen LogP contribution is -2.50. The second kappa shape index (κ2) is 7.38. The van der Waals surface area contributed by atoms with Crippen molar-refractivity contribution in [1.29, 1.82) is 0 Å². The van der Waals surface area contributed by atoms with E-state index < -0.39 is 16.8 Å². The van der Waals surface area contributed by atoms with Gasteiger partial charge in [-0.2, -0.15) is 4.98 Å². The fourth-order valence-corrected chi connectivity index (χ4v) is 3.93. The highest BCUT2D eigenvalue weighted by atomic mass is 79.9. The standard InChI is InChI=1S/C16H18BrN3O4S/c1-3-23-12-6-4-11(5-7-12)15(21)24-14-9-19(2)10-20(14,22)16-18-8-13(17)25-16/h4-8,14H,3,9-10H2,1-2H3. The number of aromatic nitrogens is 1. The van der Waals surface area contributed by atoms with Crippen LogP contribution in [0.1, 0.15) is 17.3 Å². The zero-order valence-electron chi connectivity index (χ0n) is 13.8. The third-order valence-electron chi connectivity index (χ3n) is 3.82. The third-order valence-corrected chi connectivity index (χ3v) is 5.41. The van der Waals surface area contributed by atoms with Crippen molar-refractivity contribution >= 4 is 38.4 Å². The minimum Gasteiger partial charge on any atom is -0.622 e. The monoisotopic (exact) mass is 427 g/mol. The van der Waals surface area contributed by atoms with Gasteiger partial charge in [-0.15, -0.1) is 0 Å². The molecule has 0 N–H and O–H groups in total. The Balaban J connectivity index is 1.76. The molecular formula is C16H18BrN3O4S. The molecule has 2 heterocycles. The summed E-state index contributed by atoms with van der Waals surface area (Å²) in [5.41, 5.74) is 0.380. The van der Waals surface area contributed by atoms with Gasteiger partial charge in [-0.1, -0.05) is 0 Å². The minimum absolute atomic E-state index is 0.182. The van der Waals surface area contributed by atoms with Crippen molar-refractivity contribution in [2.75, 3.05) is 26.9 Å². The van der Waals surface area contributed by atoms with E-state index in [1.807, 2.05) is 18.9 Å².